The Labute approximate surface area is 149 Å². The molecule has 2 aromatic carbocycles. The lowest BCUT2D eigenvalue weighted by Gasteiger charge is -2.27. The topological polar surface area (TPSA) is 49.0 Å². The number of H-pyrrole nitrogens is 1. The van der Waals surface area contributed by atoms with E-state index in [2.05, 4.69) is 9.97 Å². The average Bonchev–Trinajstić information content (AvgIpc) is 2.65. The third-order valence-corrected chi connectivity index (χ3v) is 4.60. The molecule has 4 rings (SSSR count). The molecule has 0 atom stereocenters. The van der Waals surface area contributed by atoms with Crippen LogP contribution in [0, 0.1) is 11.6 Å². The van der Waals surface area contributed by atoms with Crippen LogP contribution < -0.4 is 5.56 Å². The zero-order valence-corrected chi connectivity index (χ0v) is 14.0. The lowest BCUT2D eigenvalue weighted by Crippen LogP contribution is -2.35. The highest BCUT2D eigenvalue weighted by Crippen LogP contribution is 2.20. The number of rotatable bonds is 3. The molecular formula is C20H17F2N3O. The summed E-state index contributed by atoms with van der Waals surface area (Å²) in [4.78, 5) is 21.9. The van der Waals surface area contributed by atoms with Gasteiger partial charge in [0.15, 0.2) is 0 Å². The van der Waals surface area contributed by atoms with E-state index < -0.39 is 11.6 Å². The number of aromatic amines is 1. The Bertz CT molecular complexity index is 1000. The van der Waals surface area contributed by atoms with Crippen molar-refractivity contribution in [1.29, 1.82) is 0 Å². The first-order valence-corrected chi connectivity index (χ1v) is 8.44. The molecule has 0 aliphatic carbocycles. The van der Waals surface area contributed by atoms with E-state index in [1.165, 1.54) is 12.1 Å². The lowest BCUT2D eigenvalue weighted by atomic mass is 10.1. The van der Waals surface area contributed by atoms with Gasteiger partial charge in [0.1, 0.15) is 17.5 Å². The van der Waals surface area contributed by atoms with E-state index >= 15 is 0 Å². The molecule has 0 saturated heterocycles. The first-order valence-electron chi connectivity index (χ1n) is 8.44. The molecule has 0 saturated carbocycles. The van der Waals surface area contributed by atoms with E-state index in [-0.39, 0.29) is 5.56 Å². The molecule has 0 radical (unpaired) electrons. The van der Waals surface area contributed by atoms with Crippen LogP contribution in [0.5, 0.6) is 0 Å². The summed E-state index contributed by atoms with van der Waals surface area (Å²) in [7, 11) is 0. The number of nitrogens with one attached hydrogen (secondary N) is 1. The van der Waals surface area contributed by atoms with Gasteiger partial charge in [-0.05, 0) is 6.07 Å². The lowest BCUT2D eigenvalue weighted by molar-refractivity contribution is 0.238. The molecule has 1 aliphatic heterocycles. The van der Waals surface area contributed by atoms with Crippen molar-refractivity contribution in [2.45, 2.75) is 19.5 Å². The molecule has 132 valence electrons. The summed E-state index contributed by atoms with van der Waals surface area (Å²) in [6.07, 6.45) is 0.613. The van der Waals surface area contributed by atoms with Crippen molar-refractivity contribution < 1.29 is 8.78 Å². The molecule has 4 nitrogen and oxygen atoms in total. The smallest absolute Gasteiger partial charge is 0.255 e. The van der Waals surface area contributed by atoms with Crippen LogP contribution in [-0.4, -0.2) is 21.4 Å². The number of hydrogen-bond donors (Lipinski definition) is 1. The van der Waals surface area contributed by atoms with Crippen molar-refractivity contribution >= 4 is 0 Å². The Morgan fingerprint density at radius 3 is 2.69 bits per heavy atom. The maximum atomic E-state index is 13.9. The predicted molar refractivity (Wildman–Crippen MR) is 94.5 cm³/mol. The largest absolute Gasteiger partial charge is 0.306 e. The molecule has 1 aromatic heterocycles. The summed E-state index contributed by atoms with van der Waals surface area (Å²) in [6.45, 7) is 1.38. The van der Waals surface area contributed by atoms with Crippen LogP contribution >= 0.6 is 0 Å². The molecule has 0 fully saturated rings. The Kier molecular flexibility index (Phi) is 4.34. The van der Waals surface area contributed by atoms with Gasteiger partial charge < -0.3 is 4.98 Å². The highest BCUT2D eigenvalue weighted by molar-refractivity contribution is 5.54. The number of fused-ring (bicyclic) bond motifs is 1. The van der Waals surface area contributed by atoms with Crippen molar-refractivity contribution in [2.24, 2.45) is 0 Å². The Morgan fingerprint density at radius 1 is 1.12 bits per heavy atom. The predicted octanol–water partition coefficient (Wildman–Crippen LogP) is 3.27. The number of aromatic nitrogens is 2. The van der Waals surface area contributed by atoms with Crippen LogP contribution in [0.3, 0.4) is 0 Å². The van der Waals surface area contributed by atoms with E-state index in [4.69, 9.17) is 0 Å². The van der Waals surface area contributed by atoms with Crippen LogP contribution in [-0.2, 0) is 19.5 Å². The van der Waals surface area contributed by atoms with Crippen LogP contribution in [0.1, 0.15) is 16.8 Å². The second-order valence-corrected chi connectivity index (χ2v) is 6.40. The Morgan fingerprint density at radius 2 is 1.92 bits per heavy atom. The Balaban J connectivity index is 1.58. The SMILES string of the molecule is O=c1[nH]c(-c2ccccc2)nc2c1CN(Cc1ccc(F)cc1F)CC2. The maximum Gasteiger partial charge on any atom is 0.255 e. The van der Waals surface area contributed by atoms with Gasteiger partial charge in [-0.25, -0.2) is 13.8 Å². The second-order valence-electron chi connectivity index (χ2n) is 6.40. The van der Waals surface area contributed by atoms with Crippen molar-refractivity contribution in [3.8, 4) is 11.4 Å². The quantitative estimate of drug-likeness (QED) is 0.786. The normalized spacial score (nSPS) is 14.2. The molecular weight excluding hydrogens is 336 g/mol. The second kappa shape index (κ2) is 6.80. The van der Waals surface area contributed by atoms with Gasteiger partial charge in [-0.1, -0.05) is 36.4 Å². The van der Waals surface area contributed by atoms with Crippen molar-refractivity contribution in [2.75, 3.05) is 6.54 Å². The molecule has 0 unspecified atom stereocenters. The van der Waals surface area contributed by atoms with Gasteiger partial charge in [-0.15, -0.1) is 0 Å². The third-order valence-electron chi connectivity index (χ3n) is 4.60. The molecule has 26 heavy (non-hydrogen) atoms. The fourth-order valence-electron chi connectivity index (χ4n) is 3.24. The van der Waals surface area contributed by atoms with Gasteiger partial charge in [0.2, 0.25) is 0 Å². The van der Waals surface area contributed by atoms with Crippen LogP contribution in [0.25, 0.3) is 11.4 Å². The number of benzene rings is 2. The van der Waals surface area contributed by atoms with Crippen LogP contribution in [0.4, 0.5) is 8.78 Å². The summed E-state index contributed by atoms with van der Waals surface area (Å²) in [5, 5.41) is 0. The fourth-order valence-corrected chi connectivity index (χ4v) is 3.24. The van der Waals surface area contributed by atoms with Gasteiger partial charge >= 0.3 is 0 Å². The van der Waals surface area contributed by atoms with Crippen molar-refractivity contribution in [3.63, 3.8) is 0 Å². The van der Waals surface area contributed by atoms with Crippen molar-refractivity contribution in [1.82, 2.24) is 14.9 Å². The van der Waals surface area contributed by atoms with Crippen molar-refractivity contribution in [3.05, 3.63) is 87.3 Å². The molecule has 3 aromatic rings. The van der Waals surface area contributed by atoms with E-state index in [0.29, 0.717) is 43.0 Å². The van der Waals surface area contributed by atoms with Gasteiger partial charge in [0.05, 0.1) is 11.3 Å². The number of halogens is 2. The summed E-state index contributed by atoms with van der Waals surface area (Å²) in [5.74, 6) is -0.598. The van der Waals surface area contributed by atoms with Gasteiger partial charge in [-0.2, -0.15) is 0 Å². The van der Waals surface area contributed by atoms with E-state index in [0.717, 1.165) is 17.3 Å². The molecule has 0 amide bonds. The summed E-state index contributed by atoms with van der Waals surface area (Å²) < 4.78 is 26.9. The third kappa shape index (κ3) is 3.28. The zero-order valence-electron chi connectivity index (χ0n) is 14.0. The molecule has 1 N–H and O–H groups in total. The van der Waals surface area contributed by atoms with E-state index in [1.54, 1.807) is 0 Å². The minimum absolute atomic E-state index is 0.168. The molecule has 6 heteroatoms. The van der Waals surface area contributed by atoms with Gasteiger partial charge in [0.25, 0.3) is 5.56 Å². The molecule has 2 heterocycles. The minimum atomic E-state index is -0.593. The fraction of sp³-hybridized carbons (Fsp3) is 0.200. The van der Waals surface area contributed by atoms with Gasteiger partial charge in [-0.3, -0.25) is 9.69 Å². The van der Waals surface area contributed by atoms with Crippen LogP contribution in [0.2, 0.25) is 0 Å². The molecule has 0 spiro atoms. The zero-order chi connectivity index (χ0) is 18.1. The Hall–Kier alpha value is -2.86. The van der Waals surface area contributed by atoms with Gasteiger partial charge in [0, 0.05) is 43.2 Å². The van der Waals surface area contributed by atoms with Crippen LogP contribution in [0.15, 0.2) is 53.3 Å². The first kappa shape index (κ1) is 16.6. The molecule has 1 aliphatic rings. The monoisotopic (exact) mass is 353 g/mol. The van der Waals surface area contributed by atoms with E-state index in [1.807, 2.05) is 35.2 Å². The summed E-state index contributed by atoms with van der Waals surface area (Å²) >= 11 is 0. The maximum absolute atomic E-state index is 13.9. The first-order chi connectivity index (χ1) is 12.6. The summed E-state index contributed by atoms with van der Waals surface area (Å²) in [5.41, 5.74) is 2.50. The standard InChI is InChI=1S/C20H17F2N3O/c21-15-7-6-14(17(22)10-15)11-25-9-8-18-16(12-25)20(26)24-19(23-18)13-4-2-1-3-5-13/h1-7,10H,8-9,11-12H2,(H,23,24,26). The van der Waals surface area contributed by atoms with E-state index in [9.17, 15) is 13.6 Å². The average molecular weight is 353 g/mol. The number of hydrogen-bond acceptors (Lipinski definition) is 3. The summed E-state index contributed by atoms with van der Waals surface area (Å²) in [6, 6.07) is 13.1. The molecule has 0 bridgehead atoms. The highest BCUT2D eigenvalue weighted by atomic mass is 19.1. The number of nitrogens with zero attached hydrogens (tertiary/aromatic N) is 2. The highest BCUT2D eigenvalue weighted by Gasteiger charge is 2.22. The minimum Gasteiger partial charge on any atom is -0.306 e.